The summed E-state index contributed by atoms with van der Waals surface area (Å²) in [5.74, 6) is -2.86. The Morgan fingerprint density at radius 3 is 2.55 bits per heavy atom. The number of urea groups is 1. The number of aliphatic hydroxyl groups is 1. The average molecular weight is 288 g/mol. The molecule has 20 heavy (non-hydrogen) atoms. The van der Waals surface area contributed by atoms with Crippen LogP contribution in [0.15, 0.2) is 12.1 Å². The van der Waals surface area contributed by atoms with Crippen LogP contribution in [0.5, 0.6) is 0 Å². The van der Waals surface area contributed by atoms with Crippen LogP contribution >= 0.6 is 0 Å². The van der Waals surface area contributed by atoms with Crippen molar-refractivity contribution >= 4 is 17.7 Å². The summed E-state index contributed by atoms with van der Waals surface area (Å²) in [4.78, 5) is 21.7. The number of carbonyl (C=O) groups excluding carboxylic acids is 1. The predicted molar refractivity (Wildman–Crippen MR) is 66.4 cm³/mol. The summed E-state index contributed by atoms with van der Waals surface area (Å²) < 4.78 is 26.6. The molecule has 0 aliphatic carbocycles. The van der Waals surface area contributed by atoms with Gasteiger partial charge in [-0.3, -0.25) is 0 Å². The third kappa shape index (κ3) is 4.47. The fourth-order valence-corrected chi connectivity index (χ4v) is 1.35. The Bertz CT molecular complexity index is 522. The number of amides is 2. The van der Waals surface area contributed by atoms with Crippen LogP contribution in [0.3, 0.4) is 0 Å². The minimum absolute atomic E-state index is 0.109. The van der Waals surface area contributed by atoms with Crippen LogP contribution in [-0.2, 0) is 4.79 Å². The second kappa shape index (κ2) is 6.80. The van der Waals surface area contributed by atoms with E-state index in [9.17, 15) is 18.4 Å². The number of carboxylic acids is 1. The first-order chi connectivity index (χ1) is 9.31. The first-order valence-electron chi connectivity index (χ1n) is 5.72. The lowest BCUT2D eigenvalue weighted by molar-refractivity contribution is -0.146. The summed E-state index contributed by atoms with van der Waals surface area (Å²) in [5, 5.41) is 21.7. The van der Waals surface area contributed by atoms with Crippen molar-refractivity contribution in [1.29, 1.82) is 0 Å². The van der Waals surface area contributed by atoms with Gasteiger partial charge in [-0.2, -0.15) is 0 Å². The molecule has 0 radical (unpaired) electrons. The highest BCUT2D eigenvalue weighted by Gasteiger charge is 2.14. The Morgan fingerprint density at radius 1 is 1.30 bits per heavy atom. The first kappa shape index (κ1) is 15.8. The summed E-state index contributed by atoms with van der Waals surface area (Å²) in [5.41, 5.74) is -0.220. The molecule has 1 unspecified atom stereocenters. The molecule has 6 nitrogen and oxygen atoms in total. The molecule has 0 bridgehead atoms. The lowest BCUT2D eigenvalue weighted by Crippen LogP contribution is -2.33. The molecular weight excluding hydrogens is 274 g/mol. The molecule has 8 heteroatoms. The minimum Gasteiger partial charge on any atom is -0.479 e. The van der Waals surface area contributed by atoms with Crippen LogP contribution in [0.2, 0.25) is 0 Å². The van der Waals surface area contributed by atoms with Gasteiger partial charge in [-0.15, -0.1) is 0 Å². The van der Waals surface area contributed by atoms with Crippen LogP contribution in [0.1, 0.15) is 12.0 Å². The smallest absolute Gasteiger partial charge is 0.332 e. The molecule has 0 spiro atoms. The monoisotopic (exact) mass is 288 g/mol. The fourth-order valence-electron chi connectivity index (χ4n) is 1.35. The van der Waals surface area contributed by atoms with Crippen LogP contribution in [0, 0.1) is 18.6 Å². The van der Waals surface area contributed by atoms with E-state index in [1.165, 1.54) is 6.92 Å². The van der Waals surface area contributed by atoms with E-state index in [0.717, 1.165) is 12.1 Å². The molecule has 0 saturated heterocycles. The number of aryl methyl sites for hydroxylation is 1. The number of rotatable bonds is 5. The van der Waals surface area contributed by atoms with Gasteiger partial charge < -0.3 is 20.8 Å². The van der Waals surface area contributed by atoms with Gasteiger partial charge >= 0.3 is 12.0 Å². The van der Waals surface area contributed by atoms with Gasteiger partial charge in [-0.05, 0) is 18.6 Å². The van der Waals surface area contributed by atoms with Crippen LogP contribution in [0.25, 0.3) is 0 Å². The molecule has 0 saturated carbocycles. The zero-order valence-corrected chi connectivity index (χ0v) is 10.6. The third-order valence-corrected chi connectivity index (χ3v) is 2.48. The number of aliphatic hydroxyl groups excluding tert-OH is 1. The number of anilines is 1. The molecule has 1 aromatic rings. The minimum atomic E-state index is -1.59. The maximum atomic E-state index is 13.4. The van der Waals surface area contributed by atoms with E-state index in [1.807, 2.05) is 0 Å². The molecule has 0 aliphatic heterocycles. The van der Waals surface area contributed by atoms with Crippen molar-refractivity contribution in [3.05, 3.63) is 29.3 Å². The number of halogens is 2. The topological polar surface area (TPSA) is 98.7 Å². The highest BCUT2D eigenvalue weighted by Crippen LogP contribution is 2.18. The Morgan fingerprint density at radius 2 is 1.95 bits per heavy atom. The molecule has 0 aromatic heterocycles. The molecule has 1 rings (SSSR count). The normalized spacial score (nSPS) is 11.8. The van der Waals surface area contributed by atoms with Crippen molar-refractivity contribution in [2.24, 2.45) is 0 Å². The Hall–Kier alpha value is -2.22. The van der Waals surface area contributed by atoms with Gasteiger partial charge in [0.15, 0.2) is 6.10 Å². The van der Waals surface area contributed by atoms with Gasteiger partial charge in [0.25, 0.3) is 0 Å². The summed E-state index contributed by atoms with van der Waals surface area (Å²) in [6, 6.07) is 0.958. The molecule has 1 aromatic carbocycles. The molecule has 0 fully saturated rings. The van der Waals surface area contributed by atoms with Gasteiger partial charge in [0.2, 0.25) is 0 Å². The van der Waals surface area contributed by atoms with Crippen molar-refractivity contribution in [3.63, 3.8) is 0 Å². The predicted octanol–water partition coefficient (Wildman–Crippen LogP) is 1.23. The van der Waals surface area contributed by atoms with Crippen molar-refractivity contribution in [2.75, 3.05) is 11.9 Å². The highest BCUT2D eigenvalue weighted by molar-refractivity contribution is 5.89. The van der Waals surface area contributed by atoms with Gasteiger partial charge in [0.05, 0.1) is 5.69 Å². The highest BCUT2D eigenvalue weighted by atomic mass is 19.1. The van der Waals surface area contributed by atoms with E-state index in [2.05, 4.69) is 10.6 Å². The van der Waals surface area contributed by atoms with Crippen LogP contribution in [0.4, 0.5) is 19.3 Å². The number of hydrogen-bond acceptors (Lipinski definition) is 3. The second-order valence-corrected chi connectivity index (χ2v) is 4.10. The molecule has 110 valence electrons. The standard InChI is InChI=1S/C12H14F2N2O4/c1-6-4-8(14)9(5-7(6)13)16-12(20)15-3-2-10(17)11(18)19/h4-5,10,17H,2-3H2,1H3,(H,18,19)(H2,15,16,20). The van der Waals surface area contributed by atoms with Gasteiger partial charge in [0.1, 0.15) is 11.6 Å². The summed E-state index contributed by atoms with van der Waals surface area (Å²) in [6.07, 6.45) is -1.79. The van der Waals surface area contributed by atoms with Crippen molar-refractivity contribution in [2.45, 2.75) is 19.4 Å². The Labute approximate surface area is 113 Å². The number of carboxylic acid groups (broad SMARTS) is 1. The van der Waals surface area contributed by atoms with Crippen molar-refractivity contribution in [3.8, 4) is 0 Å². The molecular formula is C12H14F2N2O4. The maximum absolute atomic E-state index is 13.4. The molecule has 0 heterocycles. The second-order valence-electron chi connectivity index (χ2n) is 4.10. The number of benzene rings is 1. The molecule has 0 aliphatic rings. The fraction of sp³-hybridized carbons (Fsp3) is 0.333. The van der Waals surface area contributed by atoms with E-state index < -0.39 is 29.7 Å². The Balaban J connectivity index is 2.51. The van der Waals surface area contributed by atoms with Crippen molar-refractivity contribution in [1.82, 2.24) is 5.32 Å². The first-order valence-corrected chi connectivity index (χ1v) is 5.72. The average Bonchev–Trinajstić information content (AvgIpc) is 2.35. The van der Waals surface area contributed by atoms with E-state index in [4.69, 9.17) is 10.2 Å². The van der Waals surface area contributed by atoms with Crippen LogP contribution in [-0.4, -0.2) is 34.9 Å². The number of aliphatic carboxylic acids is 1. The van der Waals surface area contributed by atoms with Crippen molar-refractivity contribution < 1.29 is 28.6 Å². The largest absolute Gasteiger partial charge is 0.479 e. The summed E-state index contributed by atoms with van der Waals surface area (Å²) in [6.45, 7) is 1.25. The summed E-state index contributed by atoms with van der Waals surface area (Å²) >= 11 is 0. The SMILES string of the molecule is Cc1cc(F)c(NC(=O)NCCC(O)C(=O)O)cc1F. The lowest BCUT2D eigenvalue weighted by Gasteiger charge is -2.10. The van der Waals surface area contributed by atoms with Gasteiger partial charge in [-0.1, -0.05) is 0 Å². The van der Waals surface area contributed by atoms with E-state index >= 15 is 0 Å². The zero-order valence-electron chi connectivity index (χ0n) is 10.6. The maximum Gasteiger partial charge on any atom is 0.332 e. The van der Waals surface area contributed by atoms with E-state index in [-0.39, 0.29) is 24.2 Å². The number of hydrogen-bond donors (Lipinski definition) is 4. The quantitative estimate of drug-likeness (QED) is 0.655. The Kier molecular flexibility index (Phi) is 5.39. The lowest BCUT2D eigenvalue weighted by atomic mass is 10.2. The van der Waals surface area contributed by atoms with Crippen LogP contribution < -0.4 is 10.6 Å². The van der Waals surface area contributed by atoms with E-state index in [0.29, 0.717) is 0 Å². The number of carbonyl (C=O) groups is 2. The molecule has 2 amide bonds. The molecule has 4 N–H and O–H groups in total. The zero-order chi connectivity index (χ0) is 15.3. The number of nitrogens with one attached hydrogen (secondary N) is 2. The van der Waals surface area contributed by atoms with E-state index in [1.54, 1.807) is 0 Å². The van der Waals surface area contributed by atoms with Gasteiger partial charge in [0, 0.05) is 19.0 Å². The summed E-state index contributed by atoms with van der Waals surface area (Å²) in [7, 11) is 0. The van der Waals surface area contributed by atoms with Gasteiger partial charge in [-0.25, -0.2) is 18.4 Å². The molecule has 1 atom stereocenters. The third-order valence-electron chi connectivity index (χ3n) is 2.48.